The molecule has 2 aromatic heterocycles. The van der Waals surface area contributed by atoms with E-state index in [0.717, 1.165) is 24.2 Å². The molecule has 2 heterocycles. The van der Waals surface area contributed by atoms with E-state index in [9.17, 15) is 4.79 Å². The molecule has 6 nitrogen and oxygen atoms in total. The lowest BCUT2D eigenvalue weighted by Crippen LogP contribution is -2.08. The smallest absolute Gasteiger partial charge is 0.224 e. The van der Waals surface area contributed by atoms with Crippen LogP contribution in [0.25, 0.3) is 0 Å². The van der Waals surface area contributed by atoms with Gasteiger partial charge in [-0.1, -0.05) is 36.2 Å². The molecule has 1 aromatic carbocycles. The third-order valence-corrected chi connectivity index (χ3v) is 4.79. The standard InChI is InChI=1S/C21H21Cl2N5O/c1-3-14-12-19(28-21(26-14)24-4-2)27-18-11-13(8-9-25-18)10-17(29)20-15(22)6-5-7-16(20)23/h5-9,11-12H,3-4,10H2,1-2H3,(H2,24,25,26,27,28). The Morgan fingerprint density at radius 1 is 1.03 bits per heavy atom. The van der Waals surface area contributed by atoms with E-state index in [1.54, 1.807) is 30.5 Å². The highest BCUT2D eigenvalue weighted by molar-refractivity contribution is 6.39. The molecule has 0 aliphatic rings. The Morgan fingerprint density at radius 2 is 1.79 bits per heavy atom. The molecule has 0 radical (unpaired) electrons. The molecule has 0 saturated heterocycles. The number of carbonyl (C=O) groups is 1. The van der Waals surface area contributed by atoms with Gasteiger partial charge in [0, 0.05) is 30.9 Å². The van der Waals surface area contributed by atoms with Crippen molar-refractivity contribution in [3.63, 3.8) is 0 Å². The van der Waals surface area contributed by atoms with Crippen LogP contribution in [-0.4, -0.2) is 27.3 Å². The third-order valence-electron chi connectivity index (χ3n) is 4.16. The Kier molecular flexibility index (Phi) is 7.01. The summed E-state index contributed by atoms with van der Waals surface area (Å²) >= 11 is 12.3. The molecule has 8 heteroatoms. The van der Waals surface area contributed by atoms with E-state index in [2.05, 4.69) is 25.6 Å². The zero-order valence-electron chi connectivity index (χ0n) is 16.2. The number of halogens is 2. The third kappa shape index (κ3) is 5.43. The number of hydrogen-bond donors (Lipinski definition) is 2. The van der Waals surface area contributed by atoms with Crippen molar-refractivity contribution in [2.45, 2.75) is 26.7 Å². The lowest BCUT2D eigenvalue weighted by atomic mass is 10.0. The van der Waals surface area contributed by atoms with Crippen molar-refractivity contribution in [1.82, 2.24) is 15.0 Å². The monoisotopic (exact) mass is 429 g/mol. The highest BCUT2D eigenvalue weighted by atomic mass is 35.5. The van der Waals surface area contributed by atoms with Gasteiger partial charge in [-0.15, -0.1) is 0 Å². The molecule has 0 aliphatic carbocycles. The van der Waals surface area contributed by atoms with Gasteiger partial charge in [-0.05, 0) is 43.2 Å². The molecule has 2 N–H and O–H groups in total. The van der Waals surface area contributed by atoms with Gasteiger partial charge in [-0.25, -0.2) is 9.97 Å². The number of anilines is 3. The van der Waals surface area contributed by atoms with Gasteiger partial charge in [0.15, 0.2) is 5.78 Å². The van der Waals surface area contributed by atoms with E-state index in [1.165, 1.54) is 0 Å². The Balaban J connectivity index is 1.80. The molecule has 150 valence electrons. The highest BCUT2D eigenvalue weighted by Gasteiger charge is 2.15. The first-order valence-corrected chi connectivity index (χ1v) is 10.1. The van der Waals surface area contributed by atoms with Crippen LogP contribution in [0.5, 0.6) is 0 Å². The van der Waals surface area contributed by atoms with Crippen molar-refractivity contribution in [2.75, 3.05) is 17.2 Å². The maximum Gasteiger partial charge on any atom is 0.224 e. The molecule has 3 aromatic rings. The fourth-order valence-corrected chi connectivity index (χ4v) is 3.41. The van der Waals surface area contributed by atoms with Gasteiger partial charge in [0.05, 0.1) is 15.6 Å². The number of hydrogen-bond acceptors (Lipinski definition) is 6. The normalized spacial score (nSPS) is 10.6. The summed E-state index contributed by atoms with van der Waals surface area (Å²) in [5.74, 6) is 1.64. The van der Waals surface area contributed by atoms with Crippen molar-refractivity contribution in [3.8, 4) is 0 Å². The summed E-state index contributed by atoms with van der Waals surface area (Å²) in [6.45, 7) is 4.75. The number of rotatable bonds is 8. The number of carbonyl (C=O) groups excluding carboxylic acids is 1. The van der Waals surface area contributed by atoms with Crippen LogP contribution in [0.3, 0.4) is 0 Å². The molecule has 3 rings (SSSR count). The maximum absolute atomic E-state index is 12.7. The van der Waals surface area contributed by atoms with Crippen molar-refractivity contribution in [1.29, 1.82) is 0 Å². The minimum atomic E-state index is -0.150. The molecule has 0 saturated carbocycles. The fourth-order valence-electron chi connectivity index (χ4n) is 2.80. The molecular formula is C21H21Cl2N5O. The van der Waals surface area contributed by atoms with E-state index in [-0.39, 0.29) is 12.2 Å². The summed E-state index contributed by atoms with van der Waals surface area (Å²) in [6, 6.07) is 10.5. The number of aryl methyl sites for hydroxylation is 1. The molecule has 0 atom stereocenters. The molecule has 0 fully saturated rings. The molecular weight excluding hydrogens is 409 g/mol. The molecule has 0 unspecified atom stereocenters. The Hall–Kier alpha value is -2.70. The lowest BCUT2D eigenvalue weighted by molar-refractivity contribution is 0.0993. The first-order valence-electron chi connectivity index (χ1n) is 9.31. The molecule has 0 spiro atoms. The van der Waals surface area contributed by atoms with Crippen LogP contribution < -0.4 is 10.6 Å². The largest absolute Gasteiger partial charge is 0.354 e. The second-order valence-electron chi connectivity index (χ2n) is 6.32. The zero-order chi connectivity index (χ0) is 20.8. The number of benzene rings is 1. The quantitative estimate of drug-likeness (QED) is 0.470. The number of Topliss-reactive ketones (excluding diaryl/α,β-unsaturated/α-hetero) is 1. The van der Waals surface area contributed by atoms with Crippen LogP contribution in [0.1, 0.15) is 35.5 Å². The summed E-state index contributed by atoms with van der Waals surface area (Å²) in [5, 5.41) is 7.00. The summed E-state index contributed by atoms with van der Waals surface area (Å²) in [4.78, 5) is 25.9. The van der Waals surface area contributed by atoms with Crippen molar-refractivity contribution in [3.05, 3.63) is 69.5 Å². The Morgan fingerprint density at radius 3 is 2.48 bits per heavy atom. The number of nitrogens with zero attached hydrogens (tertiary/aromatic N) is 3. The highest BCUT2D eigenvalue weighted by Crippen LogP contribution is 2.26. The average Bonchev–Trinajstić information content (AvgIpc) is 2.68. The second-order valence-corrected chi connectivity index (χ2v) is 7.14. The second kappa shape index (κ2) is 9.67. The predicted octanol–water partition coefficient (Wildman–Crippen LogP) is 5.34. The van der Waals surface area contributed by atoms with Gasteiger partial charge >= 0.3 is 0 Å². The minimum Gasteiger partial charge on any atom is -0.354 e. The topological polar surface area (TPSA) is 79.8 Å². The van der Waals surface area contributed by atoms with Crippen molar-refractivity contribution < 1.29 is 4.79 Å². The Labute approximate surface area is 179 Å². The average molecular weight is 430 g/mol. The van der Waals surface area contributed by atoms with Gasteiger partial charge in [0.25, 0.3) is 0 Å². The van der Waals surface area contributed by atoms with Crippen molar-refractivity contribution >= 4 is 46.6 Å². The van der Waals surface area contributed by atoms with E-state index in [0.29, 0.717) is 33.2 Å². The summed E-state index contributed by atoms with van der Waals surface area (Å²) < 4.78 is 0. The van der Waals surface area contributed by atoms with Crippen LogP contribution in [0.15, 0.2) is 42.6 Å². The summed E-state index contributed by atoms with van der Waals surface area (Å²) in [6.07, 6.45) is 2.59. The number of pyridine rings is 1. The minimum absolute atomic E-state index is 0.150. The van der Waals surface area contributed by atoms with Crippen LogP contribution in [0.2, 0.25) is 10.0 Å². The first-order chi connectivity index (χ1) is 14.0. The van der Waals surface area contributed by atoms with E-state index in [1.807, 2.05) is 26.0 Å². The van der Waals surface area contributed by atoms with Crippen LogP contribution in [0, 0.1) is 0 Å². The lowest BCUT2D eigenvalue weighted by Gasteiger charge is -2.10. The molecule has 0 amide bonds. The SMILES string of the molecule is CCNc1nc(CC)cc(Nc2cc(CC(=O)c3c(Cl)cccc3Cl)ccn2)n1. The van der Waals surface area contributed by atoms with Crippen LogP contribution in [0.4, 0.5) is 17.6 Å². The maximum atomic E-state index is 12.7. The Bertz CT molecular complexity index is 1010. The molecule has 29 heavy (non-hydrogen) atoms. The zero-order valence-corrected chi connectivity index (χ0v) is 17.7. The number of ketones is 1. The predicted molar refractivity (Wildman–Crippen MR) is 118 cm³/mol. The van der Waals surface area contributed by atoms with Gasteiger partial charge < -0.3 is 10.6 Å². The number of nitrogens with one attached hydrogen (secondary N) is 2. The molecule has 0 bridgehead atoms. The van der Waals surface area contributed by atoms with Gasteiger partial charge in [0.1, 0.15) is 11.6 Å². The van der Waals surface area contributed by atoms with E-state index < -0.39 is 0 Å². The van der Waals surface area contributed by atoms with Gasteiger partial charge in [-0.2, -0.15) is 4.98 Å². The number of aromatic nitrogens is 3. The fraction of sp³-hybridized carbons (Fsp3) is 0.238. The summed E-state index contributed by atoms with van der Waals surface area (Å²) in [5.41, 5.74) is 2.04. The van der Waals surface area contributed by atoms with Gasteiger partial charge in [0.2, 0.25) is 5.95 Å². The summed E-state index contributed by atoms with van der Waals surface area (Å²) in [7, 11) is 0. The van der Waals surface area contributed by atoms with E-state index >= 15 is 0 Å². The van der Waals surface area contributed by atoms with Crippen LogP contribution in [-0.2, 0) is 12.8 Å². The van der Waals surface area contributed by atoms with E-state index in [4.69, 9.17) is 23.2 Å². The van der Waals surface area contributed by atoms with Crippen LogP contribution >= 0.6 is 23.2 Å². The van der Waals surface area contributed by atoms with Crippen molar-refractivity contribution in [2.24, 2.45) is 0 Å². The molecule has 0 aliphatic heterocycles. The first kappa shape index (κ1) is 21.0. The van der Waals surface area contributed by atoms with Gasteiger partial charge in [-0.3, -0.25) is 4.79 Å².